The van der Waals surface area contributed by atoms with Gasteiger partial charge in [0.2, 0.25) is 0 Å². The molecule has 0 N–H and O–H groups in total. The van der Waals surface area contributed by atoms with Crippen LogP contribution in [0.2, 0.25) is 0 Å². The van der Waals surface area contributed by atoms with E-state index < -0.39 is 0 Å². The molecule has 0 amide bonds. The third kappa shape index (κ3) is 1.27. The Bertz CT molecular complexity index is 628. The standard InChI is InChI=1S/C22H32/c1-12-17-9-14(21(17,4)5)8-16-18-10-13-7-15(20(13,2)3)11-22(18,6)19(12)16/h10,13-17H,7-9,11H2,1-6H3. The maximum absolute atomic E-state index is 2.76. The summed E-state index contributed by atoms with van der Waals surface area (Å²) in [6.45, 7) is 15.2. The lowest BCUT2D eigenvalue weighted by atomic mass is 9.49. The zero-order chi connectivity index (χ0) is 15.7. The molecule has 4 bridgehead atoms. The van der Waals surface area contributed by atoms with Crippen LogP contribution < -0.4 is 0 Å². The molecule has 0 heterocycles. The van der Waals surface area contributed by atoms with Gasteiger partial charge in [0.25, 0.3) is 0 Å². The van der Waals surface area contributed by atoms with Crippen LogP contribution >= 0.6 is 0 Å². The first-order valence-electron chi connectivity index (χ1n) is 9.60. The molecule has 0 aliphatic heterocycles. The van der Waals surface area contributed by atoms with Crippen molar-refractivity contribution in [2.24, 2.45) is 45.8 Å². The monoisotopic (exact) mass is 296 g/mol. The van der Waals surface area contributed by atoms with Gasteiger partial charge in [-0.25, -0.2) is 0 Å². The summed E-state index contributed by atoms with van der Waals surface area (Å²) in [5.41, 5.74) is 7.13. The molecular formula is C22H32. The Morgan fingerprint density at radius 2 is 1.64 bits per heavy atom. The van der Waals surface area contributed by atoms with Gasteiger partial charge in [-0.05, 0) is 67.1 Å². The normalized spacial score (nSPS) is 52.8. The molecule has 7 aliphatic carbocycles. The van der Waals surface area contributed by atoms with E-state index in [1.54, 1.807) is 5.57 Å². The Labute approximate surface area is 136 Å². The second-order valence-corrected chi connectivity index (χ2v) is 10.7. The molecule has 0 heteroatoms. The minimum absolute atomic E-state index is 0.440. The summed E-state index contributed by atoms with van der Waals surface area (Å²) in [4.78, 5) is 0. The predicted molar refractivity (Wildman–Crippen MR) is 92.4 cm³/mol. The molecule has 6 atom stereocenters. The van der Waals surface area contributed by atoms with E-state index >= 15 is 0 Å². The van der Waals surface area contributed by atoms with Crippen LogP contribution in [0.25, 0.3) is 0 Å². The fourth-order valence-corrected chi connectivity index (χ4v) is 7.50. The minimum atomic E-state index is 0.440. The molecule has 7 aliphatic rings. The van der Waals surface area contributed by atoms with Crippen molar-refractivity contribution in [3.8, 4) is 0 Å². The Morgan fingerprint density at radius 3 is 2.27 bits per heavy atom. The first-order valence-corrected chi connectivity index (χ1v) is 9.60. The van der Waals surface area contributed by atoms with E-state index in [9.17, 15) is 0 Å². The van der Waals surface area contributed by atoms with Crippen molar-refractivity contribution in [1.29, 1.82) is 0 Å². The van der Waals surface area contributed by atoms with Crippen LogP contribution in [-0.2, 0) is 0 Å². The smallest absolute Gasteiger partial charge is 0.0110 e. The summed E-state index contributed by atoms with van der Waals surface area (Å²) in [5, 5.41) is 0. The van der Waals surface area contributed by atoms with Crippen LogP contribution in [0.1, 0.15) is 67.2 Å². The third-order valence-corrected chi connectivity index (χ3v) is 9.48. The highest BCUT2D eigenvalue weighted by Crippen LogP contribution is 2.74. The van der Waals surface area contributed by atoms with Crippen molar-refractivity contribution in [3.63, 3.8) is 0 Å². The average molecular weight is 296 g/mol. The maximum Gasteiger partial charge on any atom is 0.0110 e. The van der Waals surface area contributed by atoms with Crippen molar-refractivity contribution in [1.82, 2.24) is 0 Å². The van der Waals surface area contributed by atoms with Crippen LogP contribution in [0.15, 0.2) is 22.8 Å². The molecule has 0 saturated heterocycles. The fraction of sp³-hybridized carbons (Fsp3) is 0.818. The minimum Gasteiger partial charge on any atom is -0.0802 e. The summed E-state index contributed by atoms with van der Waals surface area (Å²) < 4.78 is 0. The number of rotatable bonds is 0. The van der Waals surface area contributed by atoms with Crippen LogP contribution in [0.5, 0.6) is 0 Å². The predicted octanol–water partition coefficient (Wildman–Crippen LogP) is 6.00. The summed E-state index contributed by atoms with van der Waals surface area (Å²) in [6, 6.07) is 0. The van der Waals surface area contributed by atoms with Crippen molar-refractivity contribution in [3.05, 3.63) is 22.8 Å². The second kappa shape index (κ2) is 3.60. The van der Waals surface area contributed by atoms with Gasteiger partial charge in [-0.15, -0.1) is 0 Å². The first kappa shape index (κ1) is 13.9. The highest BCUT2D eigenvalue weighted by atomic mass is 14.7. The van der Waals surface area contributed by atoms with Crippen molar-refractivity contribution in [2.75, 3.05) is 0 Å². The van der Waals surface area contributed by atoms with Gasteiger partial charge in [0.1, 0.15) is 0 Å². The quantitative estimate of drug-likeness (QED) is 0.481. The van der Waals surface area contributed by atoms with Gasteiger partial charge in [-0.2, -0.15) is 0 Å². The maximum atomic E-state index is 2.76. The first-order chi connectivity index (χ1) is 10.2. The summed E-state index contributed by atoms with van der Waals surface area (Å²) in [7, 11) is 0. The van der Waals surface area contributed by atoms with E-state index in [1.165, 1.54) is 25.7 Å². The Hall–Kier alpha value is -0.520. The lowest BCUT2D eigenvalue weighted by molar-refractivity contribution is -0.00659. The van der Waals surface area contributed by atoms with Crippen LogP contribution in [0, 0.1) is 45.8 Å². The molecule has 3 saturated carbocycles. The largest absolute Gasteiger partial charge is 0.0802 e. The zero-order valence-electron chi connectivity index (χ0n) is 15.3. The second-order valence-electron chi connectivity index (χ2n) is 10.7. The van der Waals surface area contributed by atoms with E-state index in [1.807, 2.05) is 11.1 Å². The van der Waals surface area contributed by atoms with Gasteiger partial charge < -0.3 is 0 Å². The molecule has 0 aromatic rings. The molecule has 0 aromatic carbocycles. The van der Waals surface area contributed by atoms with Crippen molar-refractivity contribution >= 4 is 0 Å². The Balaban J connectivity index is 1.63. The van der Waals surface area contributed by atoms with E-state index in [0.29, 0.717) is 16.2 Å². The highest BCUT2D eigenvalue weighted by Gasteiger charge is 2.64. The van der Waals surface area contributed by atoms with Gasteiger partial charge in [0, 0.05) is 11.3 Å². The van der Waals surface area contributed by atoms with Crippen molar-refractivity contribution in [2.45, 2.75) is 67.2 Å². The van der Waals surface area contributed by atoms with Crippen LogP contribution in [0.3, 0.4) is 0 Å². The van der Waals surface area contributed by atoms with Crippen molar-refractivity contribution < 1.29 is 0 Å². The third-order valence-electron chi connectivity index (χ3n) is 9.48. The van der Waals surface area contributed by atoms with Gasteiger partial charge >= 0.3 is 0 Å². The molecule has 0 aromatic heterocycles. The lowest BCUT2D eigenvalue weighted by Gasteiger charge is -2.55. The number of hydrogen-bond acceptors (Lipinski definition) is 0. The fourth-order valence-electron chi connectivity index (χ4n) is 7.50. The average Bonchev–Trinajstić information content (AvgIpc) is 2.71. The van der Waals surface area contributed by atoms with E-state index in [2.05, 4.69) is 47.6 Å². The summed E-state index contributed by atoms with van der Waals surface area (Å²) in [5.74, 6) is 4.48. The van der Waals surface area contributed by atoms with Gasteiger partial charge in [0.05, 0.1) is 0 Å². The van der Waals surface area contributed by atoms with E-state index in [0.717, 1.165) is 29.6 Å². The number of hydrogen-bond donors (Lipinski definition) is 0. The van der Waals surface area contributed by atoms with Crippen LogP contribution in [0.4, 0.5) is 0 Å². The molecule has 22 heavy (non-hydrogen) atoms. The number of allylic oxidation sites excluding steroid dienone is 4. The zero-order valence-corrected chi connectivity index (χ0v) is 15.3. The lowest BCUT2D eigenvalue weighted by Crippen LogP contribution is -2.46. The molecule has 0 spiro atoms. The highest BCUT2D eigenvalue weighted by molar-refractivity contribution is 5.53. The molecule has 7 rings (SSSR count). The van der Waals surface area contributed by atoms with E-state index in [4.69, 9.17) is 0 Å². The van der Waals surface area contributed by atoms with Crippen LogP contribution in [-0.4, -0.2) is 0 Å². The molecule has 120 valence electrons. The topological polar surface area (TPSA) is 0 Å². The summed E-state index contributed by atoms with van der Waals surface area (Å²) >= 11 is 0. The van der Waals surface area contributed by atoms with Gasteiger partial charge in [0.15, 0.2) is 0 Å². The molecule has 6 unspecified atom stereocenters. The SMILES string of the molecule is CC1=C2C(CC3CC1C3(C)C)C1=CC3CC(CC12C)C3(C)C. The Kier molecular flexibility index (Phi) is 2.27. The van der Waals surface area contributed by atoms with Gasteiger partial charge in [-0.3, -0.25) is 0 Å². The molecule has 0 nitrogen and oxygen atoms in total. The van der Waals surface area contributed by atoms with Gasteiger partial charge in [-0.1, -0.05) is 57.4 Å². The Morgan fingerprint density at radius 1 is 0.909 bits per heavy atom. The molecular weight excluding hydrogens is 264 g/mol. The molecule has 0 radical (unpaired) electrons. The van der Waals surface area contributed by atoms with E-state index in [-0.39, 0.29) is 0 Å². The summed E-state index contributed by atoms with van der Waals surface area (Å²) in [6.07, 6.45) is 8.59. The molecule has 3 fully saturated rings.